The van der Waals surface area contributed by atoms with Crippen LogP contribution in [0.5, 0.6) is 0 Å². The molecular weight excluding hydrogens is 470 g/mol. The Kier molecular flexibility index (Phi) is 8.61. The normalized spacial score (nSPS) is 13.4. The molecule has 0 spiro atoms. The predicted octanol–water partition coefficient (Wildman–Crippen LogP) is 6.86. The molecule has 0 N–H and O–H groups in total. The SMILES string of the molecule is CCC(=O)CCC(Cc1ccc(C(C)C)cc1)C(=O)C1=Cc2c(CC)ccc(-c3ccc(=O)n(C)c3)c2C1. The molecule has 4 rings (SSSR count). The van der Waals surface area contributed by atoms with Gasteiger partial charge in [-0.25, -0.2) is 0 Å². The van der Waals surface area contributed by atoms with Gasteiger partial charge in [-0.1, -0.05) is 64.1 Å². The standard InChI is InChI=1S/C34H39NO3/c1-6-24-13-16-30(27-14-17-33(37)35(5)21-27)32-20-28(19-31(24)32)34(38)26(12-15-29(36)7-2)18-23-8-10-25(11-9-23)22(3)4/h8-11,13-14,16-17,19,21-22,26H,6-7,12,15,18,20H2,1-5H3. The van der Waals surface area contributed by atoms with Crippen molar-refractivity contribution in [1.29, 1.82) is 0 Å². The number of aromatic nitrogens is 1. The number of allylic oxidation sites excluding steroid dienone is 1. The van der Waals surface area contributed by atoms with Gasteiger partial charge in [0.1, 0.15) is 5.78 Å². The van der Waals surface area contributed by atoms with E-state index < -0.39 is 0 Å². The summed E-state index contributed by atoms with van der Waals surface area (Å²) in [5.41, 5.74) is 8.73. The highest BCUT2D eigenvalue weighted by Crippen LogP contribution is 2.38. The number of rotatable bonds is 11. The van der Waals surface area contributed by atoms with Crippen molar-refractivity contribution in [2.45, 2.75) is 72.1 Å². The summed E-state index contributed by atoms with van der Waals surface area (Å²) in [6.45, 7) is 8.37. The van der Waals surface area contributed by atoms with Crippen molar-refractivity contribution in [1.82, 2.24) is 4.57 Å². The van der Waals surface area contributed by atoms with Crippen molar-refractivity contribution in [3.8, 4) is 11.1 Å². The molecule has 1 unspecified atom stereocenters. The summed E-state index contributed by atoms with van der Waals surface area (Å²) in [5, 5.41) is 0. The summed E-state index contributed by atoms with van der Waals surface area (Å²) in [6.07, 6.45) is 7.54. The van der Waals surface area contributed by atoms with Crippen LogP contribution in [0.15, 0.2) is 65.1 Å². The molecule has 1 aromatic heterocycles. The lowest BCUT2D eigenvalue weighted by molar-refractivity contribution is -0.121. The summed E-state index contributed by atoms with van der Waals surface area (Å²) in [6, 6.07) is 16.3. The van der Waals surface area contributed by atoms with Gasteiger partial charge in [-0.2, -0.15) is 0 Å². The van der Waals surface area contributed by atoms with E-state index in [4.69, 9.17) is 0 Å². The number of fused-ring (bicyclic) bond motifs is 1. The van der Waals surface area contributed by atoms with Crippen LogP contribution in [0.4, 0.5) is 0 Å². The van der Waals surface area contributed by atoms with Gasteiger partial charge in [-0.15, -0.1) is 0 Å². The van der Waals surface area contributed by atoms with Crippen molar-refractivity contribution >= 4 is 17.6 Å². The Labute approximate surface area is 226 Å². The van der Waals surface area contributed by atoms with Crippen LogP contribution in [0.3, 0.4) is 0 Å². The van der Waals surface area contributed by atoms with Crippen LogP contribution in [0.2, 0.25) is 0 Å². The molecule has 1 aliphatic rings. The highest BCUT2D eigenvalue weighted by molar-refractivity contribution is 6.04. The lowest BCUT2D eigenvalue weighted by atomic mass is 9.85. The number of hydrogen-bond donors (Lipinski definition) is 0. The number of carbonyl (C=O) groups is 2. The van der Waals surface area contributed by atoms with Crippen molar-refractivity contribution in [3.05, 3.63) is 98.5 Å². The molecule has 2 aromatic carbocycles. The quantitative estimate of drug-likeness (QED) is 0.284. The molecule has 0 radical (unpaired) electrons. The fraction of sp³-hybridized carbons (Fsp3) is 0.382. The van der Waals surface area contributed by atoms with E-state index in [2.05, 4.69) is 63.2 Å². The Morgan fingerprint density at radius 3 is 2.34 bits per heavy atom. The Balaban J connectivity index is 1.65. The second-order valence-electron chi connectivity index (χ2n) is 10.8. The average Bonchev–Trinajstić information content (AvgIpc) is 3.37. The van der Waals surface area contributed by atoms with E-state index in [1.54, 1.807) is 17.7 Å². The van der Waals surface area contributed by atoms with Crippen molar-refractivity contribution in [3.63, 3.8) is 0 Å². The molecule has 0 fully saturated rings. The molecule has 0 amide bonds. The zero-order valence-electron chi connectivity index (χ0n) is 23.3. The van der Waals surface area contributed by atoms with E-state index in [-0.39, 0.29) is 23.0 Å². The van der Waals surface area contributed by atoms with Gasteiger partial charge in [0.05, 0.1) is 0 Å². The first kappa shape index (κ1) is 27.5. The van der Waals surface area contributed by atoms with Gasteiger partial charge in [0, 0.05) is 50.1 Å². The first-order valence-electron chi connectivity index (χ1n) is 13.9. The Bertz CT molecular complexity index is 1420. The van der Waals surface area contributed by atoms with Gasteiger partial charge < -0.3 is 4.57 Å². The first-order chi connectivity index (χ1) is 18.2. The van der Waals surface area contributed by atoms with Crippen molar-refractivity contribution < 1.29 is 9.59 Å². The fourth-order valence-electron chi connectivity index (χ4n) is 5.41. The second-order valence-corrected chi connectivity index (χ2v) is 10.8. The molecule has 0 saturated heterocycles. The van der Waals surface area contributed by atoms with Gasteiger partial charge in [-0.05, 0) is 76.3 Å². The topological polar surface area (TPSA) is 56.1 Å². The van der Waals surface area contributed by atoms with Crippen LogP contribution >= 0.6 is 0 Å². The first-order valence-corrected chi connectivity index (χ1v) is 13.9. The Hall–Kier alpha value is -3.53. The van der Waals surface area contributed by atoms with Crippen LogP contribution in [0, 0.1) is 5.92 Å². The second kappa shape index (κ2) is 11.9. The van der Waals surface area contributed by atoms with Gasteiger partial charge in [0.2, 0.25) is 5.56 Å². The van der Waals surface area contributed by atoms with Gasteiger partial charge in [-0.3, -0.25) is 14.4 Å². The number of pyridine rings is 1. The average molecular weight is 510 g/mol. The number of carbonyl (C=O) groups excluding carboxylic acids is 2. The number of ketones is 2. The van der Waals surface area contributed by atoms with E-state index >= 15 is 0 Å². The van der Waals surface area contributed by atoms with Gasteiger partial charge in [0.15, 0.2) is 5.78 Å². The third kappa shape index (κ3) is 5.96. The van der Waals surface area contributed by atoms with E-state index in [9.17, 15) is 14.4 Å². The van der Waals surface area contributed by atoms with E-state index in [0.717, 1.165) is 39.8 Å². The van der Waals surface area contributed by atoms with Gasteiger partial charge >= 0.3 is 0 Å². The maximum Gasteiger partial charge on any atom is 0.250 e. The minimum absolute atomic E-state index is 0.0459. The summed E-state index contributed by atoms with van der Waals surface area (Å²) in [7, 11) is 1.76. The third-order valence-electron chi connectivity index (χ3n) is 7.89. The molecule has 3 aromatic rings. The molecular formula is C34H39NO3. The van der Waals surface area contributed by atoms with Crippen LogP contribution in [-0.2, 0) is 35.9 Å². The highest BCUT2D eigenvalue weighted by atomic mass is 16.1. The molecule has 0 bridgehead atoms. The molecule has 4 heteroatoms. The molecule has 38 heavy (non-hydrogen) atoms. The maximum absolute atomic E-state index is 14.0. The van der Waals surface area contributed by atoms with Crippen LogP contribution in [0.25, 0.3) is 17.2 Å². The highest BCUT2D eigenvalue weighted by Gasteiger charge is 2.29. The minimum atomic E-state index is -0.234. The molecule has 0 saturated carbocycles. The zero-order valence-corrected chi connectivity index (χ0v) is 23.3. The summed E-state index contributed by atoms with van der Waals surface area (Å²) in [4.78, 5) is 38.2. The smallest absolute Gasteiger partial charge is 0.250 e. The van der Waals surface area contributed by atoms with E-state index in [0.29, 0.717) is 38.0 Å². The number of aryl methyl sites for hydroxylation is 2. The monoisotopic (exact) mass is 509 g/mol. The fourth-order valence-corrected chi connectivity index (χ4v) is 5.41. The maximum atomic E-state index is 14.0. The van der Waals surface area contributed by atoms with Crippen LogP contribution in [-0.4, -0.2) is 16.1 Å². The molecule has 0 aliphatic heterocycles. The van der Waals surface area contributed by atoms with Crippen molar-refractivity contribution in [2.75, 3.05) is 0 Å². The number of hydrogen-bond acceptors (Lipinski definition) is 3. The Morgan fingerprint density at radius 2 is 1.71 bits per heavy atom. The summed E-state index contributed by atoms with van der Waals surface area (Å²) >= 11 is 0. The van der Waals surface area contributed by atoms with E-state index in [1.165, 1.54) is 11.1 Å². The van der Waals surface area contributed by atoms with E-state index in [1.807, 2.05) is 19.2 Å². The zero-order chi connectivity index (χ0) is 27.4. The third-order valence-corrected chi connectivity index (χ3v) is 7.89. The number of Topliss-reactive ketones (excluding diaryl/α,β-unsaturated/α-hetero) is 2. The number of benzene rings is 2. The van der Waals surface area contributed by atoms with Crippen LogP contribution < -0.4 is 5.56 Å². The molecule has 1 heterocycles. The number of nitrogens with zero attached hydrogens (tertiary/aromatic N) is 1. The molecule has 4 nitrogen and oxygen atoms in total. The lowest BCUT2D eigenvalue weighted by Crippen LogP contribution is -2.20. The largest absolute Gasteiger partial charge is 0.318 e. The predicted molar refractivity (Wildman–Crippen MR) is 155 cm³/mol. The van der Waals surface area contributed by atoms with Crippen molar-refractivity contribution in [2.24, 2.45) is 13.0 Å². The molecule has 1 aliphatic carbocycles. The molecule has 198 valence electrons. The summed E-state index contributed by atoms with van der Waals surface area (Å²) < 4.78 is 1.59. The molecule has 1 atom stereocenters. The minimum Gasteiger partial charge on any atom is -0.318 e. The van der Waals surface area contributed by atoms with Crippen LogP contribution in [0.1, 0.15) is 80.7 Å². The summed E-state index contributed by atoms with van der Waals surface area (Å²) in [5.74, 6) is 0.570. The lowest BCUT2D eigenvalue weighted by Gasteiger charge is -2.17. The van der Waals surface area contributed by atoms with Gasteiger partial charge in [0.25, 0.3) is 0 Å². The Morgan fingerprint density at radius 1 is 0.974 bits per heavy atom.